The zero-order valence-corrected chi connectivity index (χ0v) is 27.4. The summed E-state index contributed by atoms with van der Waals surface area (Å²) in [7, 11) is 3.31. The van der Waals surface area contributed by atoms with Crippen molar-refractivity contribution < 1.29 is 32.5 Å². The van der Waals surface area contributed by atoms with E-state index in [1.807, 2.05) is 55.6 Å². The molecule has 0 bridgehead atoms. The lowest BCUT2D eigenvalue weighted by Gasteiger charge is -2.35. The molecule has 2 heterocycles. The van der Waals surface area contributed by atoms with Crippen LogP contribution < -0.4 is 24.4 Å². The molecule has 1 atom stereocenters. The van der Waals surface area contributed by atoms with Gasteiger partial charge in [0.05, 0.1) is 24.4 Å². The summed E-state index contributed by atoms with van der Waals surface area (Å²) in [5.74, 6) is -3.89. The number of ether oxygens (including phenoxy) is 4. The van der Waals surface area contributed by atoms with Crippen LogP contribution in [0.1, 0.15) is 43.6 Å². The largest absolute Gasteiger partial charge is 0.485 e. The first-order valence-electron chi connectivity index (χ1n) is 15.4. The number of aromatic nitrogens is 1. The lowest BCUT2D eigenvalue weighted by atomic mass is 10.0. The van der Waals surface area contributed by atoms with E-state index < -0.39 is 40.6 Å². The van der Waals surface area contributed by atoms with Crippen LogP contribution in [0.15, 0.2) is 72.8 Å². The molecule has 0 saturated carbocycles. The number of nitrogens with zero attached hydrogens (tertiary/aromatic N) is 4. The summed E-state index contributed by atoms with van der Waals surface area (Å²) in [6.07, 6.45) is -0.219. The predicted octanol–water partition coefficient (Wildman–Crippen LogP) is 6.71. The molecule has 0 amide bonds. The van der Waals surface area contributed by atoms with Crippen molar-refractivity contribution in [2.45, 2.75) is 39.1 Å². The van der Waals surface area contributed by atoms with Crippen LogP contribution >= 0.6 is 0 Å². The van der Waals surface area contributed by atoms with Crippen molar-refractivity contribution in [1.29, 1.82) is 5.26 Å². The highest BCUT2D eigenvalue weighted by atomic mass is 19.1. The minimum atomic E-state index is -1.52. The van der Waals surface area contributed by atoms with Gasteiger partial charge in [0.25, 0.3) is 11.8 Å². The zero-order chi connectivity index (χ0) is 34.4. The number of benzene rings is 3. The summed E-state index contributed by atoms with van der Waals surface area (Å²) < 4.78 is 56.3. The molecule has 4 aromatic rings. The molecule has 0 spiro atoms. The molecule has 1 fully saturated rings. The van der Waals surface area contributed by atoms with E-state index in [4.69, 9.17) is 18.9 Å². The fourth-order valence-electron chi connectivity index (χ4n) is 5.17. The highest BCUT2D eigenvalue weighted by Crippen LogP contribution is 2.42. The molecular formula is C36H37F2N5O5. The predicted molar refractivity (Wildman–Crippen MR) is 175 cm³/mol. The fraction of sp³-hybridized carbons (Fsp3) is 0.306. The fourth-order valence-corrected chi connectivity index (χ4v) is 5.17. The van der Waals surface area contributed by atoms with Crippen LogP contribution in [0.5, 0.6) is 29.0 Å². The van der Waals surface area contributed by atoms with Gasteiger partial charge in [0.15, 0.2) is 11.5 Å². The van der Waals surface area contributed by atoms with Crippen molar-refractivity contribution in [3.63, 3.8) is 0 Å². The van der Waals surface area contributed by atoms with Crippen LogP contribution in [0.4, 0.5) is 14.5 Å². The first kappa shape index (κ1) is 34.1. The maximum atomic E-state index is 16.5. The van der Waals surface area contributed by atoms with Gasteiger partial charge in [0, 0.05) is 31.8 Å². The number of para-hydroxylation sites is 1. The highest BCUT2D eigenvalue weighted by molar-refractivity contribution is 5.84. The summed E-state index contributed by atoms with van der Waals surface area (Å²) >= 11 is 0. The maximum Gasteiger partial charge on any atom is 0.331 e. The van der Waals surface area contributed by atoms with E-state index in [9.17, 15) is 10.1 Å². The maximum absolute atomic E-state index is 16.5. The number of rotatable bonds is 12. The molecule has 0 radical (unpaired) electrons. The van der Waals surface area contributed by atoms with Crippen LogP contribution in [0.25, 0.3) is 0 Å². The smallest absolute Gasteiger partial charge is 0.331 e. The van der Waals surface area contributed by atoms with Crippen LogP contribution in [0, 0.1) is 23.0 Å². The van der Waals surface area contributed by atoms with Crippen LogP contribution in [-0.2, 0) is 16.1 Å². The Morgan fingerprint density at radius 1 is 1.02 bits per heavy atom. The quantitative estimate of drug-likeness (QED) is 0.165. The summed E-state index contributed by atoms with van der Waals surface area (Å²) in [5.41, 5.74) is -0.373. The Bertz CT molecular complexity index is 1810. The average Bonchev–Trinajstić information content (AvgIpc) is 3.52. The number of carbonyl (C=O) groups is 1. The molecular weight excluding hydrogens is 620 g/mol. The van der Waals surface area contributed by atoms with Gasteiger partial charge in [-0.3, -0.25) is 10.2 Å². The molecule has 5 rings (SSSR count). The molecule has 1 N–H and O–H groups in total. The number of nitriles is 1. The number of halogens is 2. The monoisotopic (exact) mass is 657 g/mol. The van der Waals surface area contributed by atoms with E-state index in [1.165, 1.54) is 39.1 Å². The molecule has 0 aliphatic carbocycles. The Morgan fingerprint density at radius 2 is 1.69 bits per heavy atom. The summed E-state index contributed by atoms with van der Waals surface area (Å²) in [6, 6.07) is 22.9. The number of pyridine rings is 1. The second-order valence-corrected chi connectivity index (χ2v) is 11.7. The van der Waals surface area contributed by atoms with Gasteiger partial charge in [-0.1, -0.05) is 48.5 Å². The lowest BCUT2D eigenvalue weighted by molar-refractivity contribution is -0.148. The Balaban J connectivity index is 1.61. The van der Waals surface area contributed by atoms with Gasteiger partial charge in [0.1, 0.15) is 23.6 Å². The summed E-state index contributed by atoms with van der Waals surface area (Å²) in [6.45, 7) is 6.35. The minimum Gasteiger partial charge on any atom is -0.485 e. The van der Waals surface area contributed by atoms with Crippen molar-refractivity contribution in [1.82, 2.24) is 15.2 Å². The van der Waals surface area contributed by atoms with Crippen molar-refractivity contribution in [3.8, 4) is 35.1 Å². The van der Waals surface area contributed by atoms with E-state index in [0.29, 0.717) is 5.56 Å². The molecule has 12 heteroatoms. The second-order valence-electron chi connectivity index (χ2n) is 11.7. The topological polar surface area (TPSA) is 109 Å². The van der Waals surface area contributed by atoms with Crippen molar-refractivity contribution in [2.75, 3.05) is 38.7 Å². The van der Waals surface area contributed by atoms with Gasteiger partial charge in [-0.25, -0.2) is 4.79 Å². The Hall–Kier alpha value is -5.25. The average molecular weight is 658 g/mol. The highest BCUT2D eigenvalue weighted by Gasteiger charge is 2.39. The standard InChI is InChI=1S/C36H37F2N5O5/c1-6-45-35(44)36(2,3)43(5)31-29(37)33(47-26-15-11-10-14-25(26)32-40-18-19-42(32)4)41-34(30(31)38)48-28-20-24(21-39)16-17-27(28)46-22-23-12-8-7-9-13-23/h7-17,20,32,40H,6,18-19,22H2,1-5H3. The molecule has 1 aliphatic heterocycles. The third kappa shape index (κ3) is 7.17. The van der Waals surface area contributed by atoms with Gasteiger partial charge < -0.3 is 23.8 Å². The molecule has 1 aromatic heterocycles. The molecule has 10 nitrogen and oxygen atoms in total. The van der Waals surface area contributed by atoms with E-state index in [0.717, 1.165) is 23.6 Å². The molecule has 3 aromatic carbocycles. The number of esters is 1. The minimum absolute atomic E-state index is 0.0376. The van der Waals surface area contributed by atoms with Crippen LogP contribution in [0.3, 0.4) is 0 Å². The number of nitrogens with one attached hydrogen (secondary N) is 1. The third-order valence-electron chi connectivity index (χ3n) is 8.12. The van der Waals surface area contributed by atoms with Crippen LogP contribution in [0.2, 0.25) is 0 Å². The molecule has 48 heavy (non-hydrogen) atoms. The molecule has 1 saturated heterocycles. The number of anilines is 1. The third-order valence-corrected chi connectivity index (χ3v) is 8.12. The van der Waals surface area contributed by atoms with Gasteiger partial charge in [0.2, 0.25) is 11.6 Å². The number of likely N-dealkylation sites (N-methyl/N-ethyl adjacent to an activating group) is 2. The number of hydrogen-bond donors (Lipinski definition) is 1. The second kappa shape index (κ2) is 14.7. The normalized spacial score (nSPS) is 14.7. The Kier molecular flexibility index (Phi) is 10.4. The molecule has 250 valence electrons. The number of carbonyl (C=O) groups excluding carboxylic acids is 1. The van der Waals surface area contributed by atoms with E-state index >= 15 is 8.78 Å². The zero-order valence-electron chi connectivity index (χ0n) is 27.4. The van der Waals surface area contributed by atoms with Crippen molar-refractivity contribution in [2.24, 2.45) is 0 Å². The molecule has 1 aliphatic rings. The summed E-state index contributed by atoms with van der Waals surface area (Å²) in [5, 5.41) is 13.0. The van der Waals surface area contributed by atoms with Crippen molar-refractivity contribution in [3.05, 3.63) is 101 Å². The summed E-state index contributed by atoms with van der Waals surface area (Å²) in [4.78, 5) is 20.3. The van der Waals surface area contributed by atoms with E-state index in [1.54, 1.807) is 19.1 Å². The van der Waals surface area contributed by atoms with Crippen LogP contribution in [-0.4, -0.2) is 55.2 Å². The lowest BCUT2D eigenvalue weighted by Crippen LogP contribution is -2.50. The first-order valence-corrected chi connectivity index (χ1v) is 15.4. The van der Waals surface area contributed by atoms with Crippen molar-refractivity contribution >= 4 is 11.7 Å². The van der Waals surface area contributed by atoms with E-state index in [-0.39, 0.29) is 42.2 Å². The van der Waals surface area contributed by atoms with E-state index in [2.05, 4.69) is 15.2 Å². The Labute approximate surface area is 278 Å². The molecule has 1 unspecified atom stereocenters. The van der Waals surface area contributed by atoms with Gasteiger partial charge >= 0.3 is 5.97 Å². The van der Waals surface area contributed by atoms with Gasteiger partial charge in [-0.15, -0.1) is 0 Å². The van der Waals surface area contributed by atoms with Gasteiger partial charge in [-0.2, -0.15) is 19.0 Å². The van der Waals surface area contributed by atoms with Gasteiger partial charge in [-0.05, 0) is 51.6 Å². The SMILES string of the molecule is CCOC(=O)C(C)(C)N(C)c1c(F)c(Oc2cc(C#N)ccc2OCc2ccccc2)nc(Oc2ccccc2C2NCCN2C)c1F. The number of hydrogen-bond acceptors (Lipinski definition) is 10. The Morgan fingerprint density at radius 3 is 2.33 bits per heavy atom. The first-order chi connectivity index (χ1) is 23.0.